The number of rotatable bonds is 13. The molecule has 1 atom stereocenters. The topological polar surface area (TPSA) is 148 Å². The fraction of sp³-hybridized carbons (Fsp3) is 0.265. The lowest BCUT2D eigenvalue weighted by Crippen LogP contribution is -2.43. The normalized spacial score (nSPS) is 12.5. The number of hydrogen-bond donors (Lipinski definition) is 6. The Bertz CT molecular complexity index is 1720. The number of para-hydroxylation sites is 1. The Morgan fingerprint density at radius 2 is 1.59 bits per heavy atom. The van der Waals surface area contributed by atoms with Crippen LogP contribution in [0.5, 0.6) is 11.5 Å². The van der Waals surface area contributed by atoms with E-state index in [1.165, 1.54) is 6.07 Å². The van der Waals surface area contributed by atoms with Crippen LogP contribution in [0.2, 0.25) is 0 Å². The Balaban J connectivity index is 1.33. The van der Waals surface area contributed by atoms with Gasteiger partial charge in [-0.05, 0) is 66.3 Å². The number of sulfonamides is 1. The second-order valence-corrected chi connectivity index (χ2v) is 13.3. The van der Waals surface area contributed by atoms with Gasteiger partial charge in [0.05, 0.1) is 24.5 Å². The number of aliphatic hydroxyl groups is 1. The van der Waals surface area contributed by atoms with Crippen molar-refractivity contribution in [1.82, 2.24) is 10.6 Å². The standard InChI is InChI=1S/C34H39N3O6S/c1-34(2,36-22-31(39)29-15-8-16-30(33(29)41)37-44(3,42)43)20-24-10-6-9-23(17-24)18-32(40)35-21-26-11-4-5-14-28(26)25-12-7-13-27(38)19-25/h4-17,19,31,36-39,41H,18,20-22H2,1-3H3,(H,35,40)/t31-/m0/s1. The molecule has 0 radical (unpaired) electrons. The maximum absolute atomic E-state index is 12.9. The Morgan fingerprint density at radius 3 is 2.34 bits per heavy atom. The van der Waals surface area contributed by atoms with Gasteiger partial charge in [-0.15, -0.1) is 0 Å². The molecule has 0 aromatic heterocycles. The SMILES string of the molecule is CC(C)(Cc1cccc(CC(=O)NCc2ccccc2-c2cccc(O)c2)c1)NC[C@H](O)c1cccc(NS(C)(=O)=O)c1O. The van der Waals surface area contributed by atoms with Crippen molar-refractivity contribution in [2.45, 2.75) is 44.9 Å². The van der Waals surface area contributed by atoms with Crippen molar-refractivity contribution < 1.29 is 28.5 Å². The minimum absolute atomic E-state index is 0.00449. The number of hydrogen-bond acceptors (Lipinski definition) is 7. The third kappa shape index (κ3) is 9.31. The van der Waals surface area contributed by atoms with E-state index in [0.29, 0.717) is 13.0 Å². The van der Waals surface area contributed by atoms with Gasteiger partial charge in [-0.2, -0.15) is 0 Å². The molecule has 4 rings (SSSR count). The minimum Gasteiger partial charge on any atom is -0.508 e. The van der Waals surface area contributed by atoms with E-state index in [1.807, 2.05) is 68.4 Å². The first-order chi connectivity index (χ1) is 20.8. The average Bonchev–Trinajstić information content (AvgIpc) is 2.95. The van der Waals surface area contributed by atoms with Gasteiger partial charge in [0.1, 0.15) is 11.5 Å². The van der Waals surface area contributed by atoms with Gasteiger partial charge >= 0.3 is 0 Å². The zero-order valence-corrected chi connectivity index (χ0v) is 25.9. The average molecular weight is 618 g/mol. The largest absolute Gasteiger partial charge is 0.508 e. The highest BCUT2D eigenvalue weighted by Crippen LogP contribution is 2.32. The molecule has 0 aliphatic heterocycles. The van der Waals surface area contributed by atoms with Crippen LogP contribution in [-0.4, -0.2) is 48.0 Å². The lowest BCUT2D eigenvalue weighted by molar-refractivity contribution is -0.120. The number of nitrogens with one attached hydrogen (secondary N) is 3. The summed E-state index contributed by atoms with van der Waals surface area (Å²) in [6.07, 6.45) is 0.726. The first kappa shape index (κ1) is 32.5. The molecule has 9 nitrogen and oxygen atoms in total. The second-order valence-electron chi connectivity index (χ2n) is 11.6. The van der Waals surface area contributed by atoms with Gasteiger partial charge < -0.3 is 26.0 Å². The molecule has 0 unspecified atom stereocenters. The molecule has 10 heteroatoms. The van der Waals surface area contributed by atoms with Crippen molar-refractivity contribution >= 4 is 21.6 Å². The zero-order chi connectivity index (χ0) is 31.9. The van der Waals surface area contributed by atoms with Crippen LogP contribution in [0.25, 0.3) is 11.1 Å². The molecule has 0 fully saturated rings. The van der Waals surface area contributed by atoms with Crippen LogP contribution in [0.1, 0.15) is 42.2 Å². The van der Waals surface area contributed by atoms with Gasteiger partial charge in [0.2, 0.25) is 15.9 Å². The molecule has 0 saturated heterocycles. The van der Waals surface area contributed by atoms with Crippen molar-refractivity contribution in [3.8, 4) is 22.6 Å². The van der Waals surface area contributed by atoms with E-state index in [-0.39, 0.29) is 41.6 Å². The predicted molar refractivity (Wildman–Crippen MR) is 173 cm³/mol. The Kier molecular flexibility index (Phi) is 10.3. The van der Waals surface area contributed by atoms with E-state index in [4.69, 9.17) is 0 Å². The van der Waals surface area contributed by atoms with Crippen LogP contribution >= 0.6 is 0 Å². The third-order valence-corrected chi connectivity index (χ3v) is 7.74. The number of β-amino-alcohol motifs (C(OH)–C–C–N with tert-alkyl or cyclic N) is 1. The molecular formula is C34H39N3O6S. The number of carbonyl (C=O) groups excluding carboxylic acids is 1. The first-order valence-electron chi connectivity index (χ1n) is 14.2. The number of aliphatic hydroxyl groups excluding tert-OH is 1. The number of benzene rings is 4. The second kappa shape index (κ2) is 13.9. The van der Waals surface area contributed by atoms with E-state index >= 15 is 0 Å². The summed E-state index contributed by atoms with van der Waals surface area (Å²) in [5.41, 5.74) is 4.41. The molecule has 0 saturated carbocycles. The number of amides is 1. The van der Waals surface area contributed by atoms with Crippen molar-refractivity contribution in [2.75, 3.05) is 17.5 Å². The summed E-state index contributed by atoms with van der Waals surface area (Å²) in [7, 11) is -3.59. The first-order valence-corrected chi connectivity index (χ1v) is 16.1. The smallest absolute Gasteiger partial charge is 0.229 e. The molecule has 0 spiro atoms. The summed E-state index contributed by atoms with van der Waals surface area (Å²) in [6.45, 7) is 4.45. The highest BCUT2D eigenvalue weighted by Gasteiger charge is 2.22. The van der Waals surface area contributed by atoms with Crippen LogP contribution in [0, 0.1) is 0 Å². The van der Waals surface area contributed by atoms with Crippen LogP contribution in [0.3, 0.4) is 0 Å². The van der Waals surface area contributed by atoms with Gasteiger partial charge in [0.15, 0.2) is 0 Å². The van der Waals surface area contributed by atoms with Gasteiger partial charge in [0, 0.05) is 24.2 Å². The molecule has 232 valence electrons. The molecule has 0 heterocycles. The van der Waals surface area contributed by atoms with Gasteiger partial charge in [-0.3, -0.25) is 9.52 Å². The van der Waals surface area contributed by atoms with E-state index in [0.717, 1.165) is 34.1 Å². The number of aromatic hydroxyl groups is 2. The monoisotopic (exact) mass is 617 g/mol. The summed E-state index contributed by atoms with van der Waals surface area (Å²) in [5, 5.41) is 37.5. The van der Waals surface area contributed by atoms with E-state index in [9.17, 15) is 28.5 Å². The summed E-state index contributed by atoms with van der Waals surface area (Å²) in [5.74, 6) is -0.246. The minimum atomic E-state index is -3.59. The third-order valence-electron chi connectivity index (χ3n) is 7.15. The van der Waals surface area contributed by atoms with Gasteiger partial charge in [-0.1, -0.05) is 72.8 Å². The van der Waals surface area contributed by atoms with E-state index in [2.05, 4.69) is 15.4 Å². The molecule has 4 aromatic carbocycles. The lowest BCUT2D eigenvalue weighted by atomic mass is 9.93. The van der Waals surface area contributed by atoms with Crippen LogP contribution < -0.4 is 15.4 Å². The van der Waals surface area contributed by atoms with Crippen LogP contribution in [0.15, 0.2) is 91.0 Å². The zero-order valence-electron chi connectivity index (χ0n) is 25.0. The quantitative estimate of drug-likeness (QED) is 0.120. The molecule has 1 amide bonds. The Morgan fingerprint density at radius 1 is 0.886 bits per heavy atom. The summed E-state index contributed by atoms with van der Waals surface area (Å²) in [6, 6.07) is 27.1. The van der Waals surface area contributed by atoms with E-state index < -0.39 is 21.7 Å². The highest BCUT2D eigenvalue weighted by molar-refractivity contribution is 7.92. The van der Waals surface area contributed by atoms with Gasteiger partial charge in [-0.25, -0.2) is 8.42 Å². The summed E-state index contributed by atoms with van der Waals surface area (Å²) >= 11 is 0. The predicted octanol–water partition coefficient (Wildman–Crippen LogP) is 4.64. The molecule has 0 aliphatic rings. The molecular weight excluding hydrogens is 578 g/mol. The molecule has 0 bridgehead atoms. The van der Waals surface area contributed by atoms with Crippen LogP contribution in [0.4, 0.5) is 5.69 Å². The Labute approximate surface area is 258 Å². The fourth-order valence-electron chi connectivity index (χ4n) is 5.09. The Hall–Kier alpha value is -4.38. The molecule has 6 N–H and O–H groups in total. The van der Waals surface area contributed by atoms with Crippen molar-refractivity contribution in [3.05, 3.63) is 113 Å². The number of carbonyl (C=O) groups is 1. The van der Waals surface area contributed by atoms with Crippen LogP contribution in [-0.2, 0) is 34.2 Å². The summed E-state index contributed by atoms with van der Waals surface area (Å²) in [4.78, 5) is 12.9. The maximum atomic E-state index is 12.9. The molecule has 4 aromatic rings. The number of phenols is 2. The van der Waals surface area contributed by atoms with Crippen molar-refractivity contribution in [3.63, 3.8) is 0 Å². The highest BCUT2D eigenvalue weighted by atomic mass is 32.2. The van der Waals surface area contributed by atoms with Crippen molar-refractivity contribution in [2.24, 2.45) is 0 Å². The summed E-state index contributed by atoms with van der Waals surface area (Å²) < 4.78 is 25.4. The van der Waals surface area contributed by atoms with Gasteiger partial charge in [0.25, 0.3) is 0 Å². The number of phenolic OH excluding ortho intramolecular Hbond substituents is 2. The lowest BCUT2D eigenvalue weighted by Gasteiger charge is -2.28. The van der Waals surface area contributed by atoms with Crippen molar-refractivity contribution in [1.29, 1.82) is 0 Å². The molecule has 0 aliphatic carbocycles. The number of anilines is 1. The maximum Gasteiger partial charge on any atom is 0.229 e. The molecule has 44 heavy (non-hydrogen) atoms. The van der Waals surface area contributed by atoms with E-state index in [1.54, 1.807) is 30.3 Å². The fourth-order valence-corrected chi connectivity index (χ4v) is 5.65.